The van der Waals surface area contributed by atoms with Crippen LogP contribution in [0.5, 0.6) is 0 Å². The predicted molar refractivity (Wildman–Crippen MR) is 67.4 cm³/mol. The molecular weight excluding hydrogens is 198 g/mol. The van der Waals surface area contributed by atoms with Gasteiger partial charge in [-0.2, -0.15) is 0 Å². The summed E-state index contributed by atoms with van der Waals surface area (Å²) >= 11 is 0. The Balaban J connectivity index is 1.93. The Bertz CT molecular complexity index is 213. The van der Waals surface area contributed by atoms with Crippen molar-refractivity contribution >= 4 is 0 Å². The smallest absolute Gasteiger partial charge is 0.0702 e. The van der Waals surface area contributed by atoms with Crippen LogP contribution in [-0.4, -0.2) is 23.8 Å². The first-order valence-electron chi connectivity index (χ1n) is 7.17. The number of nitrogens with one attached hydrogen (secondary N) is 1. The van der Waals surface area contributed by atoms with Crippen molar-refractivity contribution in [1.82, 2.24) is 5.32 Å². The van der Waals surface area contributed by atoms with E-state index in [1.165, 1.54) is 32.1 Å². The number of hydrogen-bond acceptors (Lipinski definition) is 2. The lowest BCUT2D eigenvalue weighted by atomic mass is 9.72. The third-order valence-corrected chi connectivity index (χ3v) is 4.75. The van der Waals surface area contributed by atoms with Crippen LogP contribution < -0.4 is 5.32 Å². The molecule has 0 amide bonds. The Morgan fingerprint density at radius 3 is 2.69 bits per heavy atom. The van der Waals surface area contributed by atoms with Crippen LogP contribution in [0.25, 0.3) is 0 Å². The molecule has 2 aliphatic rings. The van der Waals surface area contributed by atoms with E-state index < -0.39 is 0 Å². The molecule has 1 saturated heterocycles. The third-order valence-electron chi connectivity index (χ3n) is 4.75. The van der Waals surface area contributed by atoms with Crippen LogP contribution in [0.1, 0.15) is 58.3 Å². The molecule has 94 valence electrons. The first-order valence-corrected chi connectivity index (χ1v) is 7.17. The number of piperidine rings is 1. The van der Waals surface area contributed by atoms with Gasteiger partial charge >= 0.3 is 0 Å². The number of aliphatic hydroxyl groups is 1. The van der Waals surface area contributed by atoms with Gasteiger partial charge in [0.2, 0.25) is 0 Å². The average Bonchev–Trinajstić information content (AvgIpc) is 2.30. The average molecular weight is 225 g/mol. The Labute approximate surface area is 99.8 Å². The molecule has 1 aliphatic carbocycles. The second-order valence-corrected chi connectivity index (χ2v) is 5.87. The van der Waals surface area contributed by atoms with Crippen LogP contribution >= 0.6 is 0 Å². The zero-order valence-corrected chi connectivity index (χ0v) is 10.7. The van der Waals surface area contributed by atoms with Crippen molar-refractivity contribution in [2.75, 3.05) is 13.1 Å². The van der Waals surface area contributed by atoms with Gasteiger partial charge in [0.05, 0.1) is 5.60 Å². The predicted octanol–water partition coefficient (Wildman–Crippen LogP) is 2.71. The molecule has 2 N–H and O–H groups in total. The van der Waals surface area contributed by atoms with E-state index in [-0.39, 0.29) is 5.60 Å². The molecule has 0 aromatic rings. The molecule has 2 heteroatoms. The summed E-state index contributed by atoms with van der Waals surface area (Å²) < 4.78 is 0. The molecule has 1 saturated carbocycles. The highest BCUT2D eigenvalue weighted by Crippen LogP contribution is 2.37. The van der Waals surface area contributed by atoms with E-state index in [1.807, 2.05) is 0 Å². The van der Waals surface area contributed by atoms with Crippen LogP contribution in [0, 0.1) is 11.8 Å². The maximum Gasteiger partial charge on any atom is 0.0702 e. The minimum Gasteiger partial charge on any atom is -0.389 e. The molecule has 1 aliphatic heterocycles. The summed E-state index contributed by atoms with van der Waals surface area (Å²) in [4.78, 5) is 0. The Kier molecular flexibility index (Phi) is 4.26. The van der Waals surface area contributed by atoms with Crippen molar-refractivity contribution in [3.63, 3.8) is 0 Å². The lowest BCUT2D eigenvalue weighted by molar-refractivity contribution is -0.0633. The SMILES string of the molecule is CCC1CNCCC1(O)CC1CCCCC1. The zero-order valence-electron chi connectivity index (χ0n) is 10.7. The maximum atomic E-state index is 10.8. The van der Waals surface area contributed by atoms with Crippen molar-refractivity contribution < 1.29 is 5.11 Å². The topological polar surface area (TPSA) is 32.3 Å². The van der Waals surface area contributed by atoms with Gasteiger partial charge < -0.3 is 10.4 Å². The maximum absolute atomic E-state index is 10.8. The highest BCUT2D eigenvalue weighted by molar-refractivity contribution is 4.93. The van der Waals surface area contributed by atoms with Gasteiger partial charge in [-0.1, -0.05) is 39.0 Å². The van der Waals surface area contributed by atoms with Crippen LogP contribution in [0.15, 0.2) is 0 Å². The summed E-state index contributed by atoms with van der Waals surface area (Å²) in [5, 5.41) is 14.3. The van der Waals surface area contributed by atoms with E-state index in [2.05, 4.69) is 12.2 Å². The standard InChI is InChI=1S/C14H27NO/c1-2-13-11-15-9-8-14(13,16)10-12-6-4-3-5-7-12/h12-13,15-16H,2-11H2,1H3. The van der Waals surface area contributed by atoms with Gasteiger partial charge in [0.1, 0.15) is 0 Å². The molecule has 16 heavy (non-hydrogen) atoms. The second-order valence-electron chi connectivity index (χ2n) is 5.87. The molecular formula is C14H27NO. The Morgan fingerprint density at radius 2 is 2.00 bits per heavy atom. The number of rotatable bonds is 3. The summed E-state index contributed by atoms with van der Waals surface area (Å²) in [6.07, 6.45) is 10.0. The molecule has 1 heterocycles. The Hall–Kier alpha value is -0.0800. The van der Waals surface area contributed by atoms with E-state index in [4.69, 9.17) is 0 Å². The number of hydrogen-bond donors (Lipinski definition) is 2. The van der Waals surface area contributed by atoms with Crippen molar-refractivity contribution in [1.29, 1.82) is 0 Å². The lowest BCUT2D eigenvalue weighted by Gasteiger charge is -2.42. The first-order chi connectivity index (χ1) is 7.74. The molecule has 0 radical (unpaired) electrons. The first kappa shape index (κ1) is 12.4. The van der Waals surface area contributed by atoms with Crippen molar-refractivity contribution in [2.45, 2.75) is 63.9 Å². The monoisotopic (exact) mass is 225 g/mol. The highest BCUT2D eigenvalue weighted by Gasteiger charge is 2.39. The fourth-order valence-corrected chi connectivity index (χ4v) is 3.66. The molecule has 2 unspecified atom stereocenters. The van der Waals surface area contributed by atoms with Gasteiger partial charge in [0.25, 0.3) is 0 Å². The van der Waals surface area contributed by atoms with Crippen LogP contribution in [0.3, 0.4) is 0 Å². The summed E-state index contributed by atoms with van der Waals surface area (Å²) in [7, 11) is 0. The van der Waals surface area contributed by atoms with Crippen molar-refractivity contribution in [2.24, 2.45) is 11.8 Å². The van der Waals surface area contributed by atoms with Crippen molar-refractivity contribution in [3.05, 3.63) is 0 Å². The lowest BCUT2D eigenvalue weighted by Crippen LogP contribution is -2.51. The van der Waals surface area contributed by atoms with Gasteiger partial charge in [0, 0.05) is 6.54 Å². The minimum absolute atomic E-state index is 0.359. The van der Waals surface area contributed by atoms with E-state index >= 15 is 0 Å². The molecule has 0 bridgehead atoms. The molecule has 2 rings (SSSR count). The van der Waals surface area contributed by atoms with Gasteiger partial charge in [0.15, 0.2) is 0 Å². The largest absolute Gasteiger partial charge is 0.389 e. The van der Waals surface area contributed by atoms with Crippen LogP contribution in [0.4, 0.5) is 0 Å². The van der Waals surface area contributed by atoms with E-state index in [1.54, 1.807) is 0 Å². The van der Waals surface area contributed by atoms with E-state index in [9.17, 15) is 5.11 Å². The quantitative estimate of drug-likeness (QED) is 0.774. The van der Waals surface area contributed by atoms with Gasteiger partial charge in [-0.05, 0) is 37.6 Å². The van der Waals surface area contributed by atoms with Crippen LogP contribution in [-0.2, 0) is 0 Å². The molecule has 0 aromatic carbocycles. The van der Waals surface area contributed by atoms with Crippen molar-refractivity contribution in [3.8, 4) is 0 Å². The molecule has 0 aromatic heterocycles. The normalized spacial score (nSPS) is 37.5. The Morgan fingerprint density at radius 1 is 1.25 bits per heavy atom. The van der Waals surface area contributed by atoms with Gasteiger partial charge in [-0.25, -0.2) is 0 Å². The summed E-state index contributed by atoms with van der Waals surface area (Å²) in [6, 6.07) is 0. The second kappa shape index (κ2) is 5.50. The van der Waals surface area contributed by atoms with Gasteiger partial charge in [-0.3, -0.25) is 0 Å². The fourth-order valence-electron chi connectivity index (χ4n) is 3.66. The fraction of sp³-hybridized carbons (Fsp3) is 1.00. The van der Waals surface area contributed by atoms with Crippen LogP contribution in [0.2, 0.25) is 0 Å². The molecule has 2 atom stereocenters. The molecule has 0 spiro atoms. The van der Waals surface area contributed by atoms with E-state index in [0.717, 1.165) is 38.3 Å². The van der Waals surface area contributed by atoms with E-state index in [0.29, 0.717) is 5.92 Å². The highest BCUT2D eigenvalue weighted by atomic mass is 16.3. The van der Waals surface area contributed by atoms with Gasteiger partial charge in [-0.15, -0.1) is 0 Å². The third kappa shape index (κ3) is 2.78. The molecule has 2 nitrogen and oxygen atoms in total. The minimum atomic E-state index is -0.359. The molecule has 2 fully saturated rings. The zero-order chi connectivity index (χ0) is 11.4. The summed E-state index contributed by atoms with van der Waals surface area (Å²) in [5.74, 6) is 1.27. The summed E-state index contributed by atoms with van der Waals surface area (Å²) in [5.41, 5.74) is -0.359. The summed E-state index contributed by atoms with van der Waals surface area (Å²) in [6.45, 7) is 4.23.